The van der Waals surface area contributed by atoms with Crippen LogP contribution in [0.1, 0.15) is 27.3 Å². The summed E-state index contributed by atoms with van der Waals surface area (Å²) in [6.07, 6.45) is 2.19. The largest absolute Gasteiger partial charge is 0.501 e. The molecule has 1 N–H and O–H groups in total. The number of piperazine rings is 1. The van der Waals surface area contributed by atoms with E-state index in [1.165, 1.54) is 15.7 Å². The Morgan fingerprint density at radius 1 is 1.19 bits per heavy atom. The lowest BCUT2D eigenvalue weighted by Crippen LogP contribution is -2.43. The van der Waals surface area contributed by atoms with Crippen molar-refractivity contribution < 1.29 is 9.90 Å². The van der Waals surface area contributed by atoms with Gasteiger partial charge in [-0.05, 0) is 31.2 Å². The van der Waals surface area contributed by atoms with Crippen molar-refractivity contribution in [3.63, 3.8) is 0 Å². The van der Waals surface area contributed by atoms with Crippen LogP contribution in [-0.4, -0.2) is 63.3 Å². The second-order valence-electron chi connectivity index (χ2n) is 7.72. The number of halogens is 2. The number of benzene rings is 1. The molecule has 31 heavy (non-hydrogen) atoms. The topological polar surface area (TPSA) is 78.1 Å². The Kier molecular flexibility index (Phi) is 6.64. The third-order valence-corrected chi connectivity index (χ3v) is 7.13. The number of likely N-dealkylation sites (N-methyl/N-ethyl adjacent to an activating group) is 1. The molecule has 3 heterocycles. The highest BCUT2D eigenvalue weighted by atomic mass is 35.5. The molecule has 0 atom stereocenters. The minimum absolute atomic E-state index is 0.0909. The van der Waals surface area contributed by atoms with Gasteiger partial charge in [-0.1, -0.05) is 40.6 Å². The number of thiazole rings is 1. The number of aryl methyl sites for hydroxylation is 1. The average molecular weight is 481 g/mol. The minimum atomic E-state index is -0.622. The van der Waals surface area contributed by atoms with Gasteiger partial charge in [0, 0.05) is 50.2 Å². The molecule has 164 valence electrons. The van der Waals surface area contributed by atoms with E-state index in [-0.39, 0.29) is 12.1 Å². The molecule has 1 aliphatic heterocycles. The van der Waals surface area contributed by atoms with Gasteiger partial charge in [0.05, 0.1) is 10.0 Å². The monoisotopic (exact) mass is 480 g/mol. The summed E-state index contributed by atoms with van der Waals surface area (Å²) in [5.41, 5.74) is 0.0347. The van der Waals surface area contributed by atoms with Crippen LogP contribution in [0.3, 0.4) is 0 Å². The highest BCUT2D eigenvalue weighted by Crippen LogP contribution is 2.24. The van der Waals surface area contributed by atoms with Crippen molar-refractivity contribution in [2.75, 3.05) is 33.2 Å². The van der Waals surface area contributed by atoms with Crippen molar-refractivity contribution >= 4 is 45.3 Å². The molecule has 1 aliphatic rings. The number of Topliss-reactive ketones (excluding diaryl/α,β-unsaturated/α-hetero) is 1. The second kappa shape index (κ2) is 9.26. The minimum Gasteiger partial charge on any atom is -0.501 e. The summed E-state index contributed by atoms with van der Waals surface area (Å²) in [6, 6.07) is 5.16. The van der Waals surface area contributed by atoms with Crippen LogP contribution < -0.4 is 5.56 Å². The Labute approximate surface area is 193 Å². The molecule has 7 nitrogen and oxygen atoms in total. The average Bonchev–Trinajstić information content (AvgIpc) is 3.15. The van der Waals surface area contributed by atoms with Crippen LogP contribution in [0.2, 0.25) is 10.0 Å². The highest BCUT2D eigenvalue weighted by molar-refractivity contribution is 7.17. The normalized spacial score (nSPS) is 15.6. The van der Waals surface area contributed by atoms with Crippen LogP contribution in [0.25, 0.3) is 4.96 Å². The van der Waals surface area contributed by atoms with Crippen LogP contribution in [0.5, 0.6) is 5.75 Å². The molecule has 0 spiro atoms. The summed E-state index contributed by atoms with van der Waals surface area (Å²) in [6.45, 7) is 4.62. The molecule has 0 unspecified atom stereocenters. The summed E-state index contributed by atoms with van der Waals surface area (Å²) in [5, 5.41) is 11.2. The molecule has 0 bridgehead atoms. The maximum atomic E-state index is 12.7. The first-order valence-electron chi connectivity index (χ1n) is 9.94. The molecule has 1 fully saturated rings. The molecular weight excluding hydrogens is 459 g/mol. The molecule has 0 amide bonds. The van der Waals surface area contributed by atoms with E-state index in [1.54, 1.807) is 24.4 Å². The number of ketones is 1. The first kappa shape index (κ1) is 22.2. The lowest BCUT2D eigenvalue weighted by atomic mass is 10.1. The smallest absolute Gasteiger partial charge is 0.301 e. The van der Waals surface area contributed by atoms with Gasteiger partial charge in [0.15, 0.2) is 16.4 Å². The number of hydrogen-bond donors (Lipinski definition) is 1. The van der Waals surface area contributed by atoms with E-state index >= 15 is 0 Å². The van der Waals surface area contributed by atoms with Gasteiger partial charge in [-0.25, -0.2) is 4.98 Å². The zero-order valence-corrected chi connectivity index (χ0v) is 19.3. The Morgan fingerprint density at radius 2 is 1.94 bits per heavy atom. The summed E-state index contributed by atoms with van der Waals surface area (Å²) in [5.74, 6) is -1.00. The number of hydrogen-bond acceptors (Lipinski definition) is 7. The Hall–Kier alpha value is -1.97. The predicted octanol–water partition coefficient (Wildman–Crippen LogP) is 3.33. The fourth-order valence-corrected chi connectivity index (χ4v) is 4.87. The fourth-order valence-electron chi connectivity index (χ4n) is 3.54. The van der Waals surface area contributed by atoms with E-state index in [2.05, 4.69) is 21.8 Å². The first-order chi connectivity index (χ1) is 14.8. The number of nitrogens with zero attached hydrogens (tertiary/aromatic N) is 4. The van der Waals surface area contributed by atoms with Crippen molar-refractivity contribution in [2.24, 2.45) is 0 Å². The molecule has 0 saturated carbocycles. The molecule has 0 aliphatic carbocycles. The number of carbonyl (C=O) groups excluding carboxylic acids is 1. The van der Waals surface area contributed by atoms with E-state index < -0.39 is 17.1 Å². The summed E-state index contributed by atoms with van der Waals surface area (Å²) >= 11 is 13.3. The van der Waals surface area contributed by atoms with Gasteiger partial charge >= 0.3 is 5.56 Å². The quantitative estimate of drug-likeness (QED) is 0.545. The maximum absolute atomic E-state index is 12.7. The maximum Gasteiger partial charge on any atom is 0.301 e. The second-order valence-corrected chi connectivity index (χ2v) is 9.62. The summed E-state index contributed by atoms with van der Waals surface area (Å²) in [4.78, 5) is 35.6. The van der Waals surface area contributed by atoms with Crippen LogP contribution in [0.4, 0.5) is 0 Å². The molecule has 1 aromatic carbocycles. The standard InChI is InChI=1S/C21H22Cl2N4O3S/c1-25-6-8-26(9-7-25)11-14-12-27-20(30)19(29)18(24-21(27)31-14)17(28)5-3-13-2-4-15(22)16(23)10-13/h2,4,10,12,29H,3,5-9,11H2,1H3. The van der Waals surface area contributed by atoms with E-state index in [0.717, 1.165) is 36.6 Å². The van der Waals surface area contributed by atoms with Gasteiger partial charge < -0.3 is 10.0 Å². The van der Waals surface area contributed by atoms with E-state index in [0.29, 0.717) is 28.0 Å². The number of carbonyl (C=O) groups is 1. The summed E-state index contributed by atoms with van der Waals surface area (Å²) in [7, 11) is 2.10. The van der Waals surface area contributed by atoms with Gasteiger partial charge in [0.2, 0.25) is 5.75 Å². The van der Waals surface area contributed by atoms with E-state index in [9.17, 15) is 14.7 Å². The molecule has 1 saturated heterocycles. The number of rotatable bonds is 6. The Bertz CT molecular complexity index is 1190. The van der Waals surface area contributed by atoms with Crippen LogP contribution in [-0.2, 0) is 13.0 Å². The van der Waals surface area contributed by atoms with E-state index in [4.69, 9.17) is 23.2 Å². The molecule has 4 rings (SSSR count). The van der Waals surface area contributed by atoms with Crippen molar-refractivity contribution in [3.05, 3.63) is 60.9 Å². The first-order valence-corrected chi connectivity index (χ1v) is 11.5. The van der Waals surface area contributed by atoms with Gasteiger partial charge in [0.25, 0.3) is 0 Å². The van der Waals surface area contributed by atoms with Crippen LogP contribution in [0, 0.1) is 0 Å². The predicted molar refractivity (Wildman–Crippen MR) is 123 cm³/mol. The van der Waals surface area contributed by atoms with Crippen molar-refractivity contribution in [3.8, 4) is 5.75 Å². The van der Waals surface area contributed by atoms with Gasteiger partial charge in [0.1, 0.15) is 0 Å². The highest BCUT2D eigenvalue weighted by Gasteiger charge is 2.21. The third-order valence-electron chi connectivity index (χ3n) is 5.42. The number of aromatic hydroxyl groups is 1. The SMILES string of the molecule is CN1CCN(Cc2cn3c(=O)c(O)c(C(=O)CCc4ccc(Cl)c(Cl)c4)nc3s2)CC1. The molecule has 2 aromatic heterocycles. The molecule has 10 heteroatoms. The van der Waals surface area contributed by atoms with Gasteiger partial charge in [-0.2, -0.15) is 0 Å². The van der Waals surface area contributed by atoms with E-state index in [1.807, 2.05) is 0 Å². The molecular formula is C21H22Cl2N4O3S. The lowest BCUT2D eigenvalue weighted by Gasteiger charge is -2.31. The Morgan fingerprint density at radius 3 is 2.65 bits per heavy atom. The number of fused-ring (bicyclic) bond motifs is 1. The zero-order valence-electron chi connectivity index (χ0n) is 17.0. The molecule has 0 radical (unpaired) electrons. The Balaban J connectivity index is 1.52. The van der Waals surface area contributed by atoms with Crippen molar-refractivity contribution in [1.82, 2.24) is 19.2 Å². The van der Waals surface area contributed by atoms with Gasteiger partial charge in [-0.15, -0.1) is 0 Å². The van der Waals surface area contributed by atoms with Crippen LogP contribution >= 0.6 is 34.5 Å². The third kappa shape index (κ3) is 4.94. The fraction of sp³-hybridized carbons (Fsp3) is 0.381. The number of aromatic nitrogens is 2. The zero-order chi connectivity index (χ0) is 22.1. The van der Waals surface area contributed by atoms with Crippen molar-refractivity contribution in [1.29, 1.82) is 0 Å². The summed E-state index contributed by atoms with van der Waals surface area (Å²) < 4.78 is 1.32. The van der Waals surface area contributed by atoms with Crippen molar-refractivity contribution in [2.45, 2.75) is 19.4 Å². The van der Waals surface area contributed by atoms with Crippen LogP contribution in [0.15, 0.2) is 29.2 Å². The van der Waals surface area contributed by atoms with Gasteiger partial charge in [-0.3, -0.25) is 18.9 Å². The lowest BCUT2D eigenvalue weighted by molar-refractivity contribution is 0.0975. The molecule has 3 aromatic rings.